The van der Waals surface area contributed by atoms with Gasteiger partial charge in [0.1, 0.15) is 18.5 Å². The third-order valence-electron chi connectivity index (χ3n) is 6.06. The van der Waals surface area contributed by atoms with Gasteiger partial charge in [0, 0.05) is 43.1 Å². The molecule has 1 saturated heterocycles. The van der Waals surface area contributed by atoms with Crippen LogP contribution in [0, 0.1) is 18.3 Å². The fraction of sp³-hybridized carbons (Fsp3) is 0.308. The van der Waals surface area contributed by atoms with Crippen LogP contribution in [-0.2, 0) is 20.8 Å². The summed E-state index contributed by atoms with van der Waals surface area (Å²) in [6, 6.07) is 9.13. The summed E-state index contributed by atoms with van der Waals surface area (Å²) < 4.78 is 11.8. The van der Waals surface area contributed by atoms with Crippen molar-refractivity contribution >= 4 is 29.1 Å². The number of amides is 1. The van der Waals surface area contributed by atoms with Gasteiger partial charge in [0.15, 0.2) is 5.82 Å². The van der Waals surface area contributed by atoms with Crippen molar-refractivity contribution in [3.63, 3.8) is 0 Å². The molecule has 3 aromatic rings. The van der Waals surface area contributed by atoms with Crippen LogP contribution in [0.15, 0.2) is 55.5 Å². The summed E-state index contributed by atoms with van der Waals surface area (Å²) in [5, 5.41) is 10.5. The minimum atomic E-state index is -0.581. The van der Waals surface area contributed by atoms with E-state index in [1.165, 1.54) is 19.5 Å². The van der Waals surface area contributed by atoms with Crippen LogP contribution in [0.3, 0.4) is 0 Å². The summed E-state index contributed by atoms with van der Waals surface area (Å²) in [6.45, 7) is 5.27. The molecule has 2 atom stereocenters. The first kappa shape index (κ1) is 24.8. The highest BCUT2D eigenvalue weighted by Crippen LogP contribution is 2.27. The lowest BCUT2D eigenvalue weighted by Gasteiger charge is -2.37. The summed E-state index contributed by atoms with van der Waals surface area (Å²) in [7, 11) is 1.35. The zero-order valence-corrected chi connectivity index (χ0v) is 20.0. The fourth-order valence-corrected chi connectivity index (χ4v) is 4.36. The number of ether oxygens (including phenoxy) is 2. The molecule has 3 heterocycles. The number of aromatic nitrogens is 3. The van der Waals surface area contributed by atoms with Crippen molar-refractivity contribution in [1.29, 1.82) is 0 Å². The minimum Gasteiger partial charge on any atom is -0.469 e. The SMILES string of the molecule is C#Cc1cccc(Nc2ncnn3ccc(CN4CC[C@@H](NC(=O)OCC=C)[C@H](C(=O)OC)C4)c23)c1. The van der Waals surface area contributed by atoms with Gasteiger partial charge in [-0.1, -0.05) is 24.6 Å². The first-order valence-electron chi connectivity index (χ1n) is 11.5. The number of terminal acetylenes is 1. The van der Waals surface area contributed by atoms with Gasteiger partial charge in [-0.05, 0) is 36.2 Å². The van der Waals surface area contributed by atoms with Gasteiger partial charge in [-0.3, -0.25) is 9.69 Å². The predicted molar refractivity (Wildman–Crippen MR) is 135 cm³/mol. The van der Waals surface area contributed by atoms with Crippen LogP contribution in [0.5, 0.6) is 0 Å². The molecule has 1 amide bonds. The van der Waals surface area contributed by atoms with Gasteiger partial charge in [0.25, 0.3) is 0 Å². The van der Waals surface area contributed by atoms with E-state index in [4.69, 9.17) is 15.9 Å². The van der Waals surface area contributed by atoms with Crippen LogP contribution in [0.2, 0.25) is 0 Å². The molecule has 0 spiro atoms. The summed E-state index contributed by atoms with van der Waals surface area (Å²) in [5.41, 5.74) is 3.40. The molecule has 36 heavy (non-hydrogen) atoms. The van der Waals surface area contributed by atoms with Crippen LogP contribution in [-0.4, -0.2) is 64.4 Å². The van der Waals surface area contributed by atoms with Crippen LogP contribution >= 0.6 is 0 Å². The van der Waals surface area contributed by atoms with E-state index in [9.17, 15) is 9.59 Å². The normalized spacial score (nSPS) is 17.7. The van der Waals surface area contributed by atoms with Gasteiger partial charge in [-0.2, -0.15) is 5.10 Å². The number of benzene rings is 1. The lowest BCUT2D eigenvalue weighted by molar-refractivity contribution is -0.148. The molecule has 10 heteroatoms. The highest BCUT2D eigenvalue weighted by Gasteiger charge is 2.36. The highest BCUT2D eigenvalue weighted by atomic mass is 16.5. The van der Waals surface area contributed by atoms with Crippen molar-refractivity contribution in [2.24, 2.45) is 5.92 Å². The van der Waals surface area contributed by atoms with Crippen molar-refractivity contribution in [3.05, 3.63) is 66.6 Å². The smallest absolute Gasteiger partial charge is 0.407 e. The third-order valence-corrected chi connectivity index (χ3v) is 6.06. The number of alkyl carbamates (subject to hydrolysis) is 1. The molecule has 1 fully saturated rings. The van der Waals surface area contributed by atoms with E-state index >= 15 is 0 Å². The largest absolute Gasteiger partial charge is 0.469 e. The highest BCUT2D eigenvalue weighted by molar-refractivity contribution is 5.77. The fourth-order valence-electron chi connectivity index (χ4n) is 4.36. The Kier molecular flexibility index (Phi) is 7.82. The number of hydrogen-bond acceptors (Lipinski definition) is 8. The predicted octanol–water partition coefficient (Wildman–Crippen LogP) is 2.73. The number of piperidine rings is 1. The van der Waals surface area contributed by atoms with Crippen LogP contribution in [0.4, 0.5) is 16.3 Å². The zero-order chi connectivity index (χ0) is 25.5. The van der Waals surface area contributed by atoms with Crippen LogP contribution in [0.1, 0.15) is 17.5 Å². The van der Waals surface area contributed by atoms with Gasteiger partial charge in [0.05, 0.1) is 13.0 Å². The molecule has 10 nitrogen and oxygen atoms in total. The maximum absolute atomic E-state index is 12.5. The first-order chi connectivity index (χ1) is 17.5. The summed E-state index contributed by atoms with van der Waals surface area (Å²) in [6.07, 6.45) is 10.4. The van der Waals surface area contributed by atoms with Crippen LogP contribution in [0.25, 0.3) is 5.52 Å². The van der Waals surface area contributed by atoms with Crippen molar-refractivity contribution in [3.8, 4) is 12.3 Å². The summed E-state index contributed by atoms with van der Waals surface area (Å²) in [4.78, 5) is 31.2. The first-order valence-corrected chi connectivity index (χ1v) is 11.5. The van der Waals surface area contributed by atoms with E-state index in [2.05, 4.69) is 38.1 Å². The number of anilines is 2. The Morgan fingerprint density at radius 2 is 2.22 bits per heavy atom. The number of fused-ring (bicyclic) bond motifs is 1. The quantitative estimate of drug-likeness (QED) is 0.283. The molecule has 0 bridgehead atoms. The molecule has 2 aromatic heterocycles. The van der Waals surface area contributed by atoms with Crippen molar-refractivity contribution in [2.45, 2.75) is 19.0 Å². The molecule has 1 aliphatic heterocycles. The van der Waals surface area contributed by atoms with E-state index < -0.39 is 12.0 Å². The number of methoxy groups -OCH3 is 1. The monoisotopic (exact) mass is 488 g/mol. The number of nitrogens with one attached hydrogen (secondary N) is 2. The molecule has 186 valence electrons. The Morgan fingerprint density at radius 1 is 1.36 bits per heavy atom. The van der Waals surface area contributed by atoms with E-state index in [-0.39, 0.29) is 18.6 Å². The number of carbonyl (C=O) groups is 2. The molecule has 1 aromatic carbocycles. The number of rotatable bonds is 8. The van der Waals surface area contributed by atoms with E-state index in [1.54, 1.807) is 4.52 Å². The Bertz CT molecular complexity index is 1300. The second-order valence-electron chi connectivity index (χ2n) is 8.38. The van der Waals surface area contributed by atoms with Crippen molar-refractivity contribution in [2.75, 3.05) is 32.1 Å². The number of hydrogen-bond donors (Lipinski definition) is 2. The second-order valence-corrected chi connectivity index (χ2v) is 8.38. The van der Waals surface area contributed by atoms with Gasteiger partial charge < -0.3 is 20.1 Å². The van der Waals surface area contributed by atoms with Gasteiger partial charge >= 0.3 is 12.1 Å². The molecule has 1 aliphatic rings. The van der Waals surface area contributed by atoms with Gasteiger partial charge in [0.2, 0.25) is 0 Å². The van der Waals surface area contributed by atoms with Crippen LogP contribution < -0.4 is 10.6 Å². The Labute approximate surface area is 209 Å². The number of esters is 1. The topological polar surface area (TPSA) is 110 Å². The van der Waals surface area contributed by atoms with E-state index in [1.807, 2.05) is 36.5 Å². The molecule has 0 aliphatic carbocycles. The molecule has 0 unspecified atom stereocenters. The molecule has 4 rings (SSSR count). The molecular formula is C26H28N6O4. The molecule has 2 N–H and O–H groups in total. The van der Waals surface area contributed by atoms with Crippen molar-refractivity contribution in [1.82, 2.24) is 24.8 Å². The van der Waals surface area contributed by atoms with E-state index in [0.29, 0.717) is 31.9 Å². The van der Waals surface area contributed by atoms with Gasteiger partial charge in [-0.25, -0.2) is 14.3 Å². The zero-order valence-electron chi connectivity index (χ0n) is 20.0. The number of nitrogens with zero attached hydrogens (tertiary/aromatic N) is 4. The average Bonchev–Trinajstić information content (AvgIpc) is 3.31. The Balaban J connectivity index is 1.52. The Hall–Kier alpha value is -4.36. The summed E-state index contributed by atoms with van der Waals surface area (Å²) >= 11 is 0. The molecular weight excluding hydrogens is 460 g/mol. The lowest BCUT2D eigenvalue weighted by Crippen LogP contribution is -2.53. The standard InChI is InChI=1S/C26H28N6O4/c1-4-13-36-26(34)30-22-10-11-31(16-21(22)25(33)35-3)15-19-9-12-32-23(19)24(27-17-28-32)29-20-8-6-7-18(5-2)14-20/h2,4,6-9,12,14,17,21-22H,1,10-11,13,15-16H2,3H3,(H,30,34)(H,27,28,29)/t21-,22-/m1/s1. The Morgan fingerprint density at radius 3 is 3.00 bits per heavy atom. The molecule has 0 saturated carbocycles. The maximum Gasteiger partial charge on any atom is 0.407 e. The van der Waals surface area contributed by atoms with Crippen molar-refractivity contribution < 1.29 is 19.1 Å². The molecule has 0 radical (unpaired) electrons. The third kappa shape index (κ3) is 5.64. The minimum absolute atomic E-state index is 0.0980. The summed E-state index contributed by atoms with van der Waals surface area (Å²) in [5.74, 6) is 2.36. The van der Waals surface area contributed by atoms with Gasteiger partial charge in [-0.15, -0.1) is 6.42 Å². The lowest BCUT2D eigenvalue weighted by atomic mass is 9.92. The number of carbonyl (C=O) groups excluding carboxylic acids is 2. The van der Waals surface area contributed by atoms with E-state index in [0.717, 1.165) is 22.3 Å². The average molecular weight is 489 g/mol. The maximum atomic E-state index is 12.5. The number of likely N-dealkylation sites (tertiary alicyclic amines) is 1. The second kappa shape index (κ2) is 11.4.